The SMILES string of the molecule is Cc1ccc(/C=C/C(=O)c2ccc(OCCCC(=O)O)cc2)s1. The van der Waals surface area contributed by atoms with E-state index in [1.165, 1.54) is 4.88 Å². The topological polar surface area (TPSA) is 63.6 Å². The predicted octanol–water partition coefficient (Wildman–Crippen LogP) is 4.20. The van der Waals surface area contributed by atoms with Crippen LogP contribution in [-0.4, -0.2) is 23.5 Å². The standard InChI is InChI=1S/C18H18O4S/c1-13-4-9-16(23-13)10-11-17(19)14-5-7-15(8-6-14)22-12-2-3-18(20)21/h4-11H,2-3,12H2,1H3,(H,20,21)/b11-10+. The Balaban J connectivity index is 1.87. The smallest absolute Gasteiger partial charge is 0.303 e. The molecule has 1 heterocycles. The van der Waals surface area contributed by atoms with Crippen molar-refractivity contribution in [2.75, 3.05) is 6.61 Å². The molecular formula is C18H18O4S. The van der Waals surface area contributed by atoms with Gasteiger partial charge in [0.2, 0.25) is 0 Å². The minimum atomic E-state index is -0.831. The first-order valence-electron chi connectivity index (χ1n) is 7.28. The zero-order valence-electron chi connectivity index (χ0n) is 12.8. The fourth-order valence-electron chi connectivity index (χ4n) is 1.93. The highest BCUT2D eigenvalue weighted by molar-refractivity contribution is 7.12. The number of allylic oxidation sites excluding steroid dienone is 1. The maximum Gasteiger partial charge on any atom is 0.303 e. The van der Waals surface area contributed by atoms with Crippen LogP contribution in [0, 0.1) is 6.92 Å². The van der Waals surface area contributed by atoms with Gasteiger partial charge < -0.3 is 9.84 Å². The van der Waals surface area contributed by atoms with Gasteiger partial charge in [-0.1, -0.05) is 0 Å². The molecule has 0 saturated heterocycles. The van der Waals surface area contributed by atoms with Gasteiger partial charge in [0.05, 0.1) is 6.61 Å². The normalized spacial score (nSPS) is 10.8. The fourth-order valence-corrected chi connectivity index (χ4v) is 2.71. The number of carbonyl (C=O) groups excluding carboxylic acids is 1. The van der Waals surface area contributed by atoms with Crippen LogP contribution in [0.2, 0.25) is 0 Å². The van der Waals surface area contributed by atoms with Crippen molar-refractivity contribution in [3.8, 4) is 5.75 Å². The van der Waals surface area contributed by atoms with E-state index in [-0.39, 0.29) is 12.2 Å². The predicted molar refractivity (Wildman–Crippen MR) is 91.2 cm³/mol. The number of carbonyl (C=O) groups is 2. The second kappa shape index (κ2) is 8.29. The molecule has 0 bridgehead atoms. The molecule has 0 saturated carbocycles. The number of benzene rings is 1. The number of ketones is 1. The van der Waals surface area contributed by atoms with E-state index in [0.717, 1.165) is 4.88 Å². The van der Waals surface area contributed by atoms with Gasteiger partial charge >= 0.3 is 5.97 Å². The summed E-state index contributed by atoms with van der Waals surface area (Å²) in [5.74, 6) is -0.263. The third-order valence-corrected chi connectivity index (χ3v) is 4.07. The summed E-state index contributed by atoms with van der Waals surface area (Å²) in [6.07, 6.45) is 3.92. The molecule has 0 amide bonds. The van der Waals surface area contributed by atoms with Crippen molar-refractivity contribution >= 4 is 29.2 Å². The van der Waals surface area contributed by atoms with Gasteiger partial charge in [0.15, 0.2) is 5.78 Å². The van der Waals surface area contributed by atoms with Gasteiger partial charge in [0.25, 0.3) is 0 Å². The summed E-state index contributed by atoms with van der Waals surface area (Å²) in [6.45, 7) is 2.37. The zero-order valence-corrected chi connectivity index (χ0v) is 13.6. The highest BCUT2D eigenvalue weighted by atomic mass is 32.1. The Hall–Kier alpha value is -2.40. The average molecular weight is 330 g/mol. The van der Waals surface area contributed by atoms with E-state index in [9.17, 15) is 9.59 Å². The van der Waals surface area contributed by atoms with E-state index >= 15 is 0 Å². The number of aliphatic carboxylic acids is 1. The first kappa shape index (κ1) is 17.0. The van der Waals surface area contributed by atoms with Crippen LogP contribution < -0.4 is 4.74 Å². The third kappa shape index (κ3) is 5.71. The van der Waals surface area contributed by atoms with E-state index < -0.39 is 5.97 Å². The molecule has 0 fully saturated rings. The van der Waals surface area contributed by atoms with E-state index in [0.29, 0.717) is 24.3 Å². The minimum absolute atomic E-state index is 0.0616. The first-order valence-corrected chi connectivity index (χ1v) is 8.10. The maximum atomic E-state index is 12.1. The van der Waals surface area contributed by atoms with Crippen molar-refractivity contribution in [2.24, 2.45) is 0 Å². The average Bonchev–Trinajstić information content (AvgIpc) is 2.95. The van der Waals surface area contributed by atoms with Gasteiger partial charge in [-0.3, -0.25) is 9.59 Å². The second-order valence-corrected chi connectivity index (χ2v) is 6.34. The van der Waals surface area contributed by atoms with Crippen molar-refractivity contribution in [3.63, 3.8) is 0 Å². The zero-order chi connectivity index (χ0) is 16.7. The van der Waals surface area contributed by atoms with Gasteiger partial charge in [-0.05, 0) is 61.9 Å². The lowest BCUT2D eigenvalue weighted by molar-refractivity contribution is -0.137. The summed E-state index contributed by atoms with van der Waals surface area (Å²) in [5.41, 5.74) is 0.590. The lowest BCUT2D eigenvalue weighted by atomic mass is 10.1. The van der Waals surface area contributed by atoms with Crippen molar-refractivity contribution in [1.82, 2.24) is 0 Å². The lowest BCUT2D eigenvalue weighted by Crippen LogP contribution is -2.02. The second-order valence-electron chi connectivity index (χ2n) is 5.02. The number of hydrogen-bond donors (Lipinski definition) is 1. The van der Waals surface area contributed by atoms with Crippen LogP contribution in [0.25, 0.3) is 6.08 Å². The molecule has 1 aromatic carbocycles. The maximum absolute atomic E-state index is 12.1. The number of carboxylic acids is 1. The summed E-state index contributed by atoms with van der Waals surface area (Å²) in [6, 6.07) is 10.9. The highest BCUT2D eigenvalue weighted by Gasteiger charge is 2.03. The van der Waals surface area contributed by atoms with Gasteiger partial charge in [-0.15, -0.1) is 11.3 Å². The van der Waals surface area contributed by atoms with Crippen LogP contribution in [0.4, 0.5) is 0 Å². The molecule has 0 spiro atoms. The third-order valence-electron chi connectivity index (χ3n) is 3.10. The van der Waals surface area contributed by atoms with Gasteiger partial charge in [0, 0.05) is 21.7 Å². The van der Waals surface area contributed by atoms with E-state index in [4.69, 9.17) is 9.84 Å². The van der Waals surface area contributed by atoms with Crippen molar-refractivity contribution in [2.45, 2.75) is 19.8 Å². The first-order chi connectivity index (χ1) is 11.0. The molecule has 2 aromatic rings. The molecule has 0 aliphatic rings. The molecular weight excluding hydrogens is 312 g/mol. The van der Waals surface area contributed by atoms with Crippen LogP contribution >= 0.6 is 11.3 Å². The van der Waals surface area contributed by atoms with Crippen LogP contribution in [0.15, 0.2) is 42.5 Å². The minimum Gasteiger partial charge on any atom is -0.494 e. The quantitative estimate of drug-likeness (QED) is 0.448. The largest absolute Gasteiger partial charge is 0.494 e. The van der Waals surface area contributed by atoms with E-state index in [2.05, 4.69) is 0 Å². The molecule has 0 radical (unpaired) electrons. The number of thiophene rings is 1. The Kier molecular flexibility index (Phi) is 6.11. The number of hydrogen-bond acceptors (Lipinski definition) is 4. The molecule has 5 heteroatoms. The van der Waals surface area contributed by atoms with Gasteiger partial charge in [0.1, 0.15) is 5.75 Å². The van der Waals surface area contributed by atoms with Crippen LogP contribution in [0.1, 0.15) is 33.0 Å². The van der Waals surface area contributed by atoms with Crippen molar-refractivity contribution in [1.29, 1.82) is 0 Å². The summed E-state index contributed by atoms with van der Waals surface area (Å²) in [7, 11) is 0. The molecule has 0 aliphatic carbocycles. The number of aryl methyl sites for hydroxylation is 1. The van der Waals surface area contributed by atoms with Crippen LogP contribution in [-0.2, 0) is 4.79 Å². The fraction of sp³-hybridized carbons (Fsp3) is 0.222. The van der Waals surface area contributed by atoms with Crippen molar-refractivity contribution < 1.29 is 19.4 Å². The Morgan fingerprint density at radius 2 is 1.91 bits per heavy atom. The van der Waals surface area contributed by atoms with Gasteiger partial charge in [-0.2, -0.15) is 0 Å². The summed E-state index contributed by atoms with van der Waals surface area (Å²) in [4.78, 5) is 24.7. The monoisotopic (exact) mass is 330 g/mol. The summed E-state index contributed by atoms with van der Waals surface area (Å²) >= 11 is 1.64. The Labute approximate surface area is 139 Å². The molecule has 1 N–H and O–H groups in total. The number of carboxylic acid groups (broad SMARTS) is 1. The Morgan fingerprint density at radius 1 is 1.17 bits per heavy atom. The Bertz CT molecular complexity index is 698. The van der Waals surface area contributed by atoms with Crippen molar-refractivity contribution in [3.05, 3.63) is 57.8 Å². The molecule has 0 aliphatic heterocycles. The summed E-state index contributed by atoms with van der Waals surface area (Å²) < 4.78 is 5.43. The van der Waals surface area contributed by atoms with Gasteiger partial charge in [-0.25, -0.2) is 0 Å². The van der Waals surface area contributed by atoms with E-state index in [1.807, 2.05) is 25.1 Å². The molecule has 0 unspecified atom stereocenters. The molecule has 2 rings (SSSR count). The highest BCUT2D eigenvalue weighted by Crippen LogP contribution is 2.18. The number of rotatable bonds is 8. The molecule has 4 nitrogen and oxygen atoms in total. The van der Waals surface area contributed by atoms with Crippen LogP contribution in [0.3, 0.4) is 0 Å². The molecule has 120 valence electrons. The Morgan fingerprint density at radius 3 is 2.52 bits per heavy atom. The van der Waals surface area contributed by atoms with Crippen LogP contribution in [0.5, 0.6) is 5.75 Å². The molecule has 0 atom stereocenters. The summed E-state index contributed by atoms with van der Waals surface area (Å²) in [5, 5.41) is 8.54. The number of ether oxygens (including phenoxy) is 1. The van der Waals surface area contributed by atoms with E-state index in [1.54, 1.807) is 41.7 Å². The molecule has 1 aromatic heterocycles. The lowest BCUT2D eigenvalue weighted by Gasteiger charge is -2.05. The molecule has 23 heavy (non-hydrogen) atoms.